The summed E-state index contributed by atoms with van der Waals surface area (Å²) in [6.07, 6.45) is 11.9. The lowest BCUT2D eigenvalue weighted by molar-refractivity contribution is 0.0944. The fourth-order valence-corrected chi connectivity index (χ4v) is 4.67. The smallest absolute Gasteiger partial charge is 0.270 e. The highest BCUT2D eigenvalue weighted by Gasteiger charge is 2.31. The summed E-state index contributed by atoms with van der Waals surface area (Å²) in [6, 6.07) is 0.0966. The van der Waals surface area contributed by atoms with Crippen LogP contribution >= 0.6 is 0 Å². The molecule has 0 saturated heterocycles. The van der Waals surface area contributed by atoms with Crippen molar-refractivity contribution in [3.05, 3.63) is 33.8 Å². The maximum atomic E-state index is 13.5. The lowest BCUT2D eigenvalue weighted by Gasteiger charge is -2.24. The molecule has 2 aromatic rings. The van der Waals surface area contributed by atoms with Crippen LogP contribution in [0.4, 0.5) is 0 Å². The first-order valence-corrected chi connectivity index (χ1v) is 11.0. The number of carbonyl (C=O) groups excluding carboxylic acids is 1. The van der Waals surface area contributed by atoms with E-state index < -0.39 is 11.5 Å². The predicted octanol–water partition coefficient (Wildman–Crippen LogP) is 2.48. The highest BCUT2D eigenvalue weighted by atomic mass is 16.5. The van der Waals surface area contributed by atoms with E-state index in [2.05, 4.69) is 10.4 Å². The molecule has 5 rings (SSSR count). The summed E-state index contributed by atoms with van der Waals surface area (Å²) in [5.74, 6) is -0.510. The maximum Gasteiger partial charge on any atom is 0.270 e. The molecule has 0 atom stereocenters. The number of hydrogen-bond acceptors (Lipinski definition) is 5. The Balaban J connectivity index is 1.66. The van der Waals surface area contributed by atoms with Crippen LogP contribution in [0.15, 0.2) is 17.1 Å². The zero-order chi connectivity index (χ0) is 20.7. The Morgan fingerprint density at radius 3 is 2.73 bits per heavy atom. The van der Waals surface area contributed by atoms with Gasteiger partial charge in [0.1, 0.15) is 5.65 Å². The Kier molecular flexibility index (Phi) is 5.10. The van der Waals surface area contributed by atoms with E-state index in [1.54, 1.807) is 10.8 Å². The molecule has 8 nitrogen and oxygen atoms in total. The summed E-state index contributed by atoms with van der Waals surface area (Å²) in [4.78, 5) is 26.3. The monoisotopic (exact) mass is 412 g/mol. The Bertz CT molecular complexity index is 1060. The number of aromatic hydroxyl groups is 1. The molecular weight excluding hydrogens is 384 g/mol. The van der Waals surface area contributed by atoms with E-state index in [0.29, 0.717) is 31.3 Å². The van der Waals surface area contributed by atoms with Crippen LogP contribution in [-0.2, 0) is 11.3 Å². The van der Waals surface area contributed by atoms with E-state index in [9.17, 15) is 14.7 Å². The van der Waals surface area contributed by atoms with Gasteiger partial charge in [-0.15, -0.1) is 0 Å². The van der Waals surface area contributed by atoms with Crippen molar-refractivity contribution >= 4 is 17.1 Å². The minimum absolute atomic E-state index is 0.0966. The van der Waals surface area contributed by atoms with Gasteiger partial charge >= 0.3 is 0 Å². The molecule has 2 N–H and O–H groups in total. The third-order valence-corrected chi connectivity index (χ3v) is 6.50. The molecule has 1 aliphatic heterocycles. The van der Waals surface area contributed by atoms with E-state index in [4.69, 9.17) is 4.74 Å². The molecule has 2 saturated carbocycles. The molecule has 3 heterocycles. The number of rotatable bonds is 5. The first-order valence-electron chi connectivity index (χ1n) is 11.0. The van der Waals surface area contributed by atoms with Crippen molar-refractivity contribution < 1.29 is 14.6 Å². The lowest BCUT2D eigenvalue weighted by atomic mass is 9.89. The number of nitrogens with zero attached hydrogens (tertiary/aromatic N) is 3. The van der Waals surface area contributed by atoms with Crippen LogP contribution in [0.1, 0.15) is 67.3 Å². The maximum absolute atomic E-state index is 13.5. The van der Waals surface area contributed by atoms with Gasteiger partial charge in [0.25, 0.3) is 11.5 Å². The number of fused-ring (bicyclic) bond motifs is 1. The van der Waals surface area contributed by atoms with Crippen LogP contribution in [0, 0.1) is 5.92 Å². The molecule has 3 aliphatic rings. The molecule has 2 aromatic heterocycles. The van der Waals surface area contributed by atoms with Crippen molar-refractivity contribution in [1.82, 2.24) is 19.5 Å². The third-order valence-electron chi connectivity index (χ3n) is 6.50. The average Bonchev–Trinajstić information content (AvgIpc) is 3.46. The van der Waals surface area contributed by atoms with Crippen molar-refractivity contribution in [2.24, 2.45) is 5.92 Å². The summed E-state index contributed by atoms with van der Waals surface area (Å²) < 4.78 is 8.46. The van der Waals surface area contributed by atoms with Gasteiger partial charge in [-0.2, -0.15) is 9.61 Å². The van der Waals surface area contributed by atoms with Gasteiger partial charge in [0.05, 0.1) is 19.4 Å². The second kappa shape index (κ2) is 7.91. The van der Waals surface area contributed by atoms with Crippen LogP contribution in [-0.4, -0.2) is 44.5 Å². The van der Waals surface area contributed by atoms with Gasteiger partial charge in [-0.05, 0) is 43.6 Å². The van der Waals surface area contributed by atoms with E-state index in [-0.39, 0.29) is 17.5 Å². The molecule has 2 aliphatic carbocycles. The van der Waals surface area contributed by atoms with Gasteiger partial charge in [0, 0.05) is 18.2 Å². The predicted molar refractivity (Wildman–Crippen MR) is 112 cm³/mol. The second-order valence-corrected chi connectivity index (χ2v) is 8.71. The van der Waals surface area contributed by atoms with E-state index in [1.165, 1.54) is 10.9 Å². The molecule has 0 bridgehead atoms. The number of nitrogens with one attached hydrogen (secondary N) is 1. The highest BCUT2D eigenvalue weighted by molar-refractivity contribution is 5.97. The Morgan fingerprint density at radius 2 is 2.03 bits per heavy atom. The normalized spacial score (nSPS) is 20.3. The first kappa shape index (κ1) is 19.4. The average molecular weight is 412 g/mol. The number of ether oxygens (including phenoxy) is 1. The van der Waals surface area contributed by atoms with E-state index >= 15 is 0 Å². The zero-order valence-corrected chi connectivity index (χ0v) is 17.1. The summed E-state index contributed by atoms with van der Waals surface area (Å²) in [5, 5.41) is 18.1. The number of aromatic nitrogens is 3. The SMILES string of the molecule is O=C(NC1CC1)c1c(O)n2ncc(C3=CCOCC3)c2n(CC2CCCCC2)c1=O. The van der Waals surface area contributed by atoms with E-state index in [1.807, 2.05) is 6.08 Å². The van der Waals surface area contributed by atoms with Gasteiger partial charge in [0.15, 0.2) is 5.56 Å². The first-order chi connectivity index (χ1) is 14.6. The van der Waals surface area contributed by atoms with Crippen LogP contribution in [0.5, 0.6) is 5.88 Å². The summed E-state index contributed by atoms with van der Waals surface area (Å²) in [7, 11) is 0. The summed E-state index contributed by atoms with van der Waals surface area (Å²) >= 11 is 0. The summed E-state index contributed by atoms with van der Waals surface area (Å²) in [6.45, 7) is 1.67. The molecule has 0 unspecified atom stereocenters. The lowest BCUT2D eigenvalue weighted by Crippen LogP contribution is -2.36. The fraction of sp³-hybridized carbons (Fsp3) is 0.591. The van der Waals surface area contributed by atoms with Crippen LogP contribution < -0.4 is 10.9 Å². The third kappa shape index (κ3) is 3.53. The molecule has 2 fully saturated rings. The van der Waals surface area contributed by atoms with Crippen molar-refractivity contribution in [2.75, 3.05) is 13.2 Å². The van der Waals surface area contributed by atoms with Crippen LogP contribution in [0.3, 0.4) is 0 Å². The standard InChI is InChI=1S/C22H28N4O4/c27-19(24-16-6-7-16)18-21(28)25(13-14-4-2-1-3-5-14)20-17(12-23-26(20)22(18)29)15-8-10-30-11-9-15/h8,12,14,16,29H,1-7,9-11,13H2,(H,24,27). The number of amides is 1. The van der Waals surface area contributed by atoms with Crippen LogP contribution in [0.25, 0.3) is 11.2 Å². The van der Waals surface area contributed by atoms with Gasteiger partial charge < -0.3 is 15.2 Å². The second-order valence-electron chi connectivity index (χ2n) is 8.71. The molecule has 30 heavy (non-hydrogen) atoms. The molecule has 0 aromatic carbocycles. The number of hydrogen-bond donors (Lipinski definition) is 2. The van der Waals surface area contributed by atoms with Crippen molar-refractivity contribution in [3.63, 3.8) is 0 Å². The summed E-state index contributed by atoms with van der Waals surface area (Å²) in [5.41, 5.74) is 1.82. The Hall–Kier alpha value is -2.61. The van der Waals surface area contributed by atoms with Gasteiger partial charge in [-0.3, -0.25) is 14.2 Å². The van der Waals surface area contributed by atoms with Gasteiger partial charge in [0.2, 0.25) is 5.88 Å². The molecular formula is C22H28N4O4. The highest BCUT2D eigenvalue weighted by Crippen LogP contribution is 2.30. The zero-order valence-electron chi connectivity index (χ0n) is 17.1. The molecule has 8 heteroatoms. The van der Waals surface area contributed by atoms with Crippen molar-refractivity contribution in [1.29, 1.82) is 0 Å². The van der Waals surface area contributed by atoms with Crippen molar-refractivity contribution in [3.8, 4) is 5.88 Å². The van der Waals surface area contributed by atoms with Gasteiger partial charge in [-0.1, -0.05) is 25.3 Å². The minimum atomic E-state index is -0.512. The topological polar surface area (TPSA) is 97.9 Å². The molecule has 0 radical (unpaired) electrons. The van der Waals surface area contributed by atoms with Crippen molar-refractivity contribution in [2.45, 2.75) is 64.0 Å². The number of carbonyl (C=O) groups is 1. The van der Waals surface area contributed by atoms with Crippen LogP contribution in [0.2, 0.25) is 0 Å². The molecule has 0 spiro atoms. The van der Waals surface area contributed by atoms with Gasteiger partial charge in [-0.25, -0.2) is 0 Å². The fourth-order valence-electron chi connectivity index (χ4n) is 4.67. The van der Waals surface area contributed by atoms with E-state index in [0.717, 1.165) is 56.1 Å². The Labute approximate surface area is 174 Å². The molecule has 160 valence electrons. The quantitative estimate of drug-likeness (QED) is 0.786. The largest absolute Gasteiger partial charge is 0.492 e. The molecule has 1 amide bonds. The minimum Gasteiger partial charge on any atom is -0.492 e. The Morgan fingerprint density at radius 1 is 1.23 bits per heavy atom.